The van der Waals surface area contributed by atoms with Crippen LogP contribution in [0, 0.1) is 0 Å². The topological polar surface area (TPSA) is 83.5 Å². The fourth-order valence-electron chi connectivity index (χ4n) is 1.44. The second-order valence-corrected chi connectivity index (χ2v) is 4.17. The van der Waals surface area contributed by atoms with Crippen molar-refractivity contribution in [1.82, 2.24) is 5.32 Å². The molecule has 7 heteroatoms. The van der Waals surface area contributed by atoms with Gasteiger partial charge in [0.2, 0.25) is 6.41 Å². The number of carboxylic acids is 1. The summed E-state index contributed by atoms with van der Waals surface area (Å²) in [5.41, 5.74) is 0. The summed E-state index contributed by atoms with van der Waals surface area (Å²) in [6.07, 6.45) is 0.185. The number of carboxylic acid groups (broad SMARTS) is 1. The quantitative estimate of drug-likeness (QED) is 0.701. The minimum absolute atomic E-state index is 0.185. The fourth-order valence-corrected chi connectivity index (χ4v) is 2.33. The molecular weight excluding hydrogens is 249 g/mol. The lowest BCUT2D eigenvalue weighted by Gasteiger charge is -2.20. The van der Waals surface area contributed by atoms with Crippen LogP contribution in [0.1, 0.15) is 10.8 Å². The molecule has 0 radical (unpaired) electrons. The van der Waals surface area contributed by atoms with Gasteiger partial charge in [0.1, 0.15) is 12.7 Å². The second-order valence-electron chi connectivity index (χ2n) is 3.19. The molecule has 0 aliphatic rings. The maximum Gasteiger partial charge on any atom is 0.327 e. The number of hydrogen-bond donors (Lipinski definition) is 2. The number of carbonyl (C=O) groups is 3. The van der Waals surface area contributed by atoms with Gasteiger partial charge in [-0.15, -0.1) is 11.3 Å². The van der Waals surface area contributed by atoms with Crippen LogP contribution in [0.4, 0.5) is 4.39 Å². The Morgan fingerprint density at radius 1 is 1.59 bits per heavy atom. The molecule has 0 fully saturated rings. The van der Waals surface area contributed by atoms with Crippen molar-refractivity contribution in [2.24, 2.45) is 0 Å². The van der Waals surface area contributed by atoms with Crippen molar-refractivity contribution in [3.05, 3.63) is 22.4 Å². The van der Waals surface area contributed by atoms with Crippen LogP contribution in [0.3, 0.4) is 0 Å². The summed E-state index contributed by atoms with van der Waals surface area (Å²) >= 11 is 1.14. The highest BCUT2D eigenvalue weighted by molar-refractivity contribution is 7.10. The van der Waals surface area contributed by atoms with Crippen LogP contribution >= 0.6 is 11.3 Å². The molecule has 0 bridgehead atoms. The molecule has 0 aromatic carbocycles. The first-order chi connectivity index (χ1) is 8.11. The van der Waals surface area contributed by atoms with E-state index in [0.717, 1.165) is 11.3 Å². The summed E-state index contributed by atoms with van der Waals surface area (Å²) in [7, 11) is 0. The molecule has 92 valence electrons. The van der Waals surface area contributed by atoms with Gasteiger partial charge >= 0.3 is 5.97 Å². The molecule has 1 rings (SSSR count). The minimum Gasteiger partial charge on any atom is -0.480 e. The second kappa shape index (κ2) is 6.09. The van der Waals surface area contributed by atoms with E-state index in [0.29, 0.717) is 4.88 Å². The summed E-state index contributed by atoms with van der Waals surface area (Å²) in [6.45, 7) is -1.27. The molecule has 1 amide bonds. The number of amides is 1. The van der Waals surface area contributed by atoms with Crippen molar-refractivity contribution in [3.63, 3.8) is 0 Å². The van der Waals surface area contributed by atoms with Crippen LogP contribution in [0.15, 0.2) is 17.5 Å². The first-order valence-corrected chi connectivity index (χ1v) is 5.54. The molecule has 2 unspecified atom stereocenters. The Bertz CT molecular complexity index is 406. The summed E-state index contributed by atoms with van der Waals surface area (Å²) in [5, 5.41) is 12.6. The predicted octanol–water partition coefficient (Wildman–Crippen LogP) is 0.569. The summed E-state index contributed by atoms with van der Waals surface area (Å²) in [6, 6.07) is 1.71. The molecule has 17 heavy (non-hydrogen) atoms. The van der Waals surface area contributed by atoms with Gasteiger partial charge in [-0.2, -0.15) is 0 Å². The van der Waals surface area contributed by atoms with E-state index < -0.39 is 30.4 Å². The number of ketones is 1. The molecule has 0 aliphatic carbocycles. The van der Waals surface area contributed by atoms with E-state index >= 15 is 0 Å². The number of nitrogens with one attached hydrogen (secondary N) is 1. The lowest BCUT2D eigenvalue weighted by molar-refractivity contribution is -0.143. The highest BCUT2D eigenvalue weighted by Crippen LogP contribution is 2.26. The third-order valence-corrected chi connectivity index (χ3v) is 3.13. The number of aliphatic carboxylic acids is 1. The van der Waals surface area contributed by atoms with Gasteiger partial charge in [-0.3, -0.25) is 9.59 Å². The summed E-state index contributed by atoms with van der Waals surface area (Å²) < 4.78 is 12.4. The highest BCUT2D eigenvalue weighted by Gasteiger charge is 2.35. The van der Waals surface area contributed by atoms with Crippen molar-refractivity contribution in [3.8, 4) is 0 Å². The SMILES string of the molecule is O=CNC(C(=O)O)C(C(=O)CF)c1cccs1. The maximum absolute atomic E-state index is 12.4. The molecular formula is C10H10FNO4S. The zero-order chi connectivity index (χ0) is 12.8. The Morgan fingerprint density at radius 2 is 2.29 bits per heavy atom. The van der Waals surface area contributed by atoms with Gasteiger partial charge in [-0.25, -0.2) is 9.18 Å². The predicted molar refractivity (Wildman–Crippen MR) is 58.7 cm³/mol. The first kappa shape index (κ1) is 13.3. The molecule has 2 atom stereocenters. The van der Waals surface area contributed by atoms with Crippen molar-refractivity contribution in [2.45, 2.75) is 12.0 Å². The number of alkyl halides is 1. The van der Waals surface area contributed by atoms with Gasteiger partial charge < -0.3 is 10.4 Å². The van der Waals surface area contributed by atoms with Crippen LogP contribution in [-0.2, 0) is 14.4 Å². The van der Waals surface area contributed by atoms with Gasteiger partial charge in [-0.05, 0) is 11.4 Å². The van der Waals surface area contributed by atoms with E-state index in [1.54, 1.807) is 11.4 Å². The fraction of sp³-hybridized carbons (Fsp3) is 0.300. The van der Waals surface area contributed by atoms with E-state index in [9.17, 15) is 18.8 Å². The Morgan fingerprint density at radius 3 is 2.71 bits per heavy atom. The van der Waals surface area contributed by atoms with Gasteiger partial charge in [-0.1, -0.05) is 6.07 Å². The average molecular weight is 259 g/mol. The molecule has 0 saturated heterocycles. The normalized spacial score (nSPS) is 13.7. The Hall–Kier alpha value is -1.76. The van der Waals surface area contributed by atoms with Crippen molar-refractivity contribution in [1.29, 1.82) is 0 Å². The molecule has 1 heterocycles. The zero-order valence-corrected chi connectivity index (χ0v) is 9.45. The molecule has 0 spiro atoms. The Balaban J connectivity index is 3.07. The minimum atomic E-state index is -1.45. The molecule has 1 aromatic heterocycles. The van der Waals surface area contributed by atoms with Crippen molar-refractivity contribution in [2.75, 3.05) is 6.67 Å². The van der Waals surface area contributed by atoms with E-state index in [1.165, 1.54) is 6.07 Å². The van der Waals surface area contributed by atoms with E-state index in [4.69, 9.17) is 5.11 Å². The van der Waals surface area contributed by atoms with Crippen molar-refractivity contribution < 1.29 is 23.9 Å². The monoisotopic (exact) mass is 259 g/mol. The average Bonchev–Trinajstić information content (AvgIpc) is 2.81. The number of halogens is 1. The zero-order valence-electron chi connectivity index (χ0n) is 8.63. The molecule has 0 aliphatic heterocycles. The smallest absolute Gasteiger partial charge is 0.327 e. The van der Waals surface area contributed by atoms with E-state index in [2.05, 4.69) is 0 Å². The van der Waals surface area contributed by atoms with E-state index in [1.807, 2.05) is 5.32 Å². The lowest BCUT2D eigenvalue weighted by Crippen LogP contribution is -2.44. The third kappa shape index (κ3) is 3.10. The van der Waals surface area contributed by atoms with Crippen molar-refractivity contribution >= 4 is 29.5 Å². The van der Waals surface area contributed by atoms with Crippen LogP contribution in [0.25, 0.3) is 0 Å². The van der Waals surface area contributed by atoms with Gasteiger partial charge in [0.25, 0.3) is 0 Å². The molecule has 1 aromatic rings. The maximum atomic E-state index is 12.4. The van der Waals surface area contributed by atoms with Crippen LogP contribution < -0.4 is 5.32 Å². The van der Waals surface area contributed by atoms with Crippen LogP contribution in [-0.4, -0.2) is 36.0 Å². The number of carbonyl (C=O) groups excluding carboxylic acids is 2. The summed E-state index contributed by atoms with van der Waals surface area (Å²) in [5.74, 6) is -3.44. The molecule has 5 nitrogen and oxygen atoms in total. The number of rotatable bonds is 7. The Kier molecular flexibility index (Phi) is 4.77. The van der Waals surface area contributed by atoms with Crippen LogP contribution in [0.2, 0.25) is 0 Å². The number of hydrogen-bond acceptors (Lipinski definition) is 4. The first-order valence-electron chi connectivity index (χ1n) is 4.66. The summed E-state index contributed by atoms with van der Waals surface area (Å²) in [4.78, 5) is 33.1. The van der Waals surface area contributed by atoms with E-state index in [-0.39, 0.29) is 6.41 Å². The highest BCUT2D eigenvalue weighted by atomic mass is 32.1. The van der Waals surface area contributed by atoms with Gasteiger partial charge in [0.05, 0.1) is 5.92 Å². The molecule has 0 saturated carbocycles. The largest absolute Gasteiger partial charge is 0.480 e. The third-order valence-electron chi connectivity index (χ3n) is 2.18. The Labute approximate surface area is 100 Å². The van der Waals surface area contributed by atoms with Crippen LogP contribution in [0.5, 0.6) is 0 Å². The number of Topliss-reactive ketones (excluding diaryl/α,β-unsaturated/α-hetero) is 1. The van der Waals surface area contributed by atoms with Gasteiger partial charge in [0, 0.05) is 4.88 Å². The standard InChI is InChI=1S/C10H10FNO4S/c11-4-6(14)8(7-2-1-3-17-7)9(10(15)16)12-5-13/h1-3,5,8-9H,4H2,(H,12,13)(H,15,16). The number of thiophene rings is 1. The molecule has 2 N–H and O–H groups in total. The lowest BCUT2D eigenvalue weighted by atomic mass is 9.94. The van der Waals surface area contributed by atoms with Gasteiger partial charge in [0.15, 0.2) is 5.78 Å².